The van der Waals surface area contributed by atoms with E-state index in [1.165, 1.54) is 89.9 Å². The molecule has 1 atom stereocenters. The summed E-state index contributed by atoms with van der Waals surface area (Å²) in [6, 6.07) is 0. The van der Waals surface area contributed by atoms with Crippen LogP contribution in [0.5, 0.6) is 0 Å². The summed E-state index contributed by atoms with van der Waals surface area (Å²) < 4.78 is 16.8. The van der Waals surface area contributed by atoms with Crippen LogP contribution in [0, 0.1) is 0 Å². The van der Waals surface area contributed by atoms with Crippen molar-refractivity contribution in [3.63, 3.8) is 0 Å². The zero-order valence-corrected chi connectivity index (χ0v) is 41.5. The van der Waals surface area contributed by atoms with E-state index in [9.17, 15) is 14.4 Å². The van der Waals surface area contributed by atoms with E-state index in [1.807, 2.05) is 0 Å². The lowest BCUT2D eigenvalue weighted by Crippen LogP contribution is -2.30. The number of esters is 3. The Morgan fingerprint density at radius 3 is 0.969 bits per heavy atom. The minimum atomic E-state index is -0.800. The van der Waals surface area contributed by atoms with Gasteiger partial charge in [-0.05, 0) is 83.5 Å². The molecule has 0 amide bonds. The van der Waals surface area contributed by atoms with E-state index >= 15 is 0 Å². The van der Waals surface area contributed by atoms with E-state index in [-0.39, 0.29) is 31.1 Å². The highest BCUT2D eigenvalue weighted by atomic mass is 16.6. The summed E-state index contributed by atoms with van der Waals surface area (Å²) in [5, 5.41) is 0. The monoisotopic (exact) mass is 889 g/mol. The fourth-order valence-corrected chi connectivity index (χ4v) is 7.02. The zero-order chi connectivity index (χ0) is 46.5. The van der Waals surface area contributed by atoms with E-state index in [2.05, 4.69) is 118 Å². The predicted molar refractivity (Wildman–Crippen MR) is 274 cm³/mol. The first-order chi connectivity index (χ1) is 31.5. The van der Waals surface area contributed by atoms with Crippen LogP contribution >= 0.6 is 0 Å². The Kier molecular flexibility index (Phi) is 49.0. The number of ether oxygens (including phenoxy) is 3. The summed E-state index contributed by atoms with van der Waals surface area (Å²) in [7, 11) is 0. The molecule has 0 aliphatic rings. The molecule has 0 aromatic heterocycles. The van der Waals surface area contributed by atoms with Crippen molar-refractivity contribution in [2.24, 2.45) is 0 Å². The molecule has 0 aliphatic carbocycles. The van der Waals surface area contributed by atoms with Crippen molar-refractivity contribution in [3.8, 4) is 0 Å². The first-order valence-electron chi connectivity index (χ1n) is 26.3. The highest BCUT2D eigenvalue weighted by molar-refractivity contribution is 5.71. The first kappa shape index (κ1) is 60.3. The van der Waals surface area contributed by atoms with Crippen molar-refractivity contribution in [1.82, 2.24) is 0 Å². The Bertz CT molecular complexity index is 1300. The van der Waals surface area contributed by atoms with Gasteiger partial charge in [0, 0.05) is 19.3 Å². The van der Waals surface area contributed by atoms with Crippen LogP contribution in [0.1, 0.15) is 233 Å². The quantitative estimate of drug-likeness (QED) is 0.0262. The van der Waals surface area contributed by atoms with Crippen LogP contribution in [0.3, 0.4) is 0 Å². The molecular weight excluding hydrogens is 793 g/mol. The Morgan fingerprint density at radius 1 is 0.328 bits per heavy atom. The van der Waals surface area contributed by atoms with Gasteiger partial charge in [0.15, 0.2) is 6.10 Å². The van der Waals surface area contributed by atoms with Crippen molar-refractivity contribution >= 4 is 17.9 Å². The van der Waals surface area contributed by atoms with Crippen molar-refractivity contribution in [3.05, 3.63) is 97.2 Å². The third kappa shape index (κ3) is 49.3. The maximum Gasteiger partial charge on any atom is 0.306 e. The van der Waals surface area contributed by atoms with E-state index in [0.29, 0.717) is 19.3 Å². The summed E-state index contributed by atoms with van der Waals surface area (Å²) in [6.45, 7) is 6.33. The highest BCUT2D eigenvalue weighted by Crippen LogP contribution is 2.14. The average molecular weight is 889 g/mol. The molecule has 0 saturated carbocycles. The lowest BCUT2D eigenvalue weighted by Gasteiger charge is -2.18. The predicted octanol–water partition coefficient (Wildman–Crippen LogP) is 17.4. The summed E-state index contributed by atoms with van der Waals surface area (Å²) in [6.07, 6.45) is 68.2. The number of carbonyl (C=O) groups excluding carboxylic acids is 3. The van der Waals surface area contributed by atoms with Crippen LogP contribution in [0.2, 0.25) is 0 Å². The molecular formula is C58H96O6. The fraction of sp³-hybridized carbons (Fsp3) is 0.672. The van der Waals surface area contributed by atoms with Crippen molar-refractivity contribution in [2.75, 3.05) is 13.2 Å². The van der Waals surface area contributed by atoms with Crippen molar-refractivity contribution < 1.29 is 28.6 Å². The Balaban J connectivity index is 4.47. The number of hydrogen-bond acceptors (Lipinski definition) is 6. The zero-order valence-electron chi connectivity index (χ0n) is 41.5. The molecule has 0 heterocycles. The van der Waals surface area contributed by atoms with Crippen LogP contribution in [0.4, 0.5) is 0 Å². The van der Waals surface area contributed by atoms with Gasteiger partial charge >= 0.3 is 17.9 Å². The number of hydrogen-bond donors (Lipinski definition) is 0. The van der Waals surface area contributed by atoms with E-state index < -0.39 is 6.10 Å². The van der Waals surface area contributed by atoms with Crippen molar-refractivity contribution in [2.45, 2.75) is 239 Å². The summed E-state index contributed by atoms with van der Waals surface area (Å²) in [5.74, 6) is -0.951. The van der Waals surface area contributed by atoms with Gasteiger partial charge in [0.2, 0.25) is 0 Å². The van der Waals surface area contributed by atoms with E-state index in [0.717, 1.165) is 103 Å². The van der Waals surface area contributed by atoms with Gasteiger partial charge in [0.05, 0.1) is 0 Å². The van der Waals surface area contributed by atoms with Crippen LogP contribution in [-0.4, -0.2) is 37.2 Å². The molecule has 0 rings (SSSR count). The molecule has 0 aromatic carbocycles. The Hall–Kier alpha value is -3.67. The molecule has 0 aliphatic heterocycles. The van der Waals surface area contributed by atoms with Gasteiger partial charge in [-0.1, -0.05) is 227 Å². The molecule has 6 heteroatoms. The van der Waals surface area contributed by atoms with Crippen molar-refractivity contribution in [1.29, 1.82) is 0 Å². The lowest BCUT2D eigenvalue weighted by atomic mass is 10.1. The largest absolute Gasteiger partial charge is 0.462 e. The fourth-order valence-electron chi connectivity index (χ4n) is 7.02. The SMILES string of the molecule is CC\C=C/C=C\C=C/CCCCCCCCCC(=O)OCC(COC(=O)CCCCC/C=C\C=C/CCCCCCCCC)OC(=O)CCCCCCCCC\C=C/C=C\C=C/CC. The minimum Gasteiger partial charge on any atom is -0.462 e. The van der Waals surface area contributed by atoms with Gasteiger partial charge in [0.25, 0.3) is 0 Å². The maximum absolute atomic E-state index is 12.8. The van der Waals surface area contributed by atoms with E-state index in [1.54, 1.807) is 0 Å². The Morgan fingerprint density at radius 2 is 0.609 bits per heavy atom. The van der Waals surface area contributed by atoms with Gasteiger partial charge < -0.3 is 14.2 Å². The molecule has 0 spiro atoms. The molecule has 1 unspecified atom stereocenters. The number of allylic oxidation sites excluding steroid dienone is 16. The molecule has 64 heavy (non-hydrogen) atoms. The van der Waals surface area contributed by atoms with E-state index in [4.69, 9.17) is 14.2 Å². The molecule has 0 saturated heterocycles. The topological polar surface area (TPSA) is 78.9 Å². The van der Waals surface area contributed by atoms with Gasteiger partial charge in [-0.2, -0.15) is 0 Å². The van der Waals surface area contributed by atoms with Crippen LogP contribution in [-0.2, 0) is 28.6 Å². The third-order valence-electron chi connectivity index (χ3n) is 11.0. The molecule has 0 aromatic rings. The number of carbonyl (C=O) groups is 3. The summed E-state index contributed by atoms with van der Waals surface area (Å²) >= 11 is 0. The van der Waals surface area contributed by atoms with Gasteiger partial charge in [-0.15, -0.1) is 0 Å². The second kappa shape index (κ2) is 52.0. The Labute approximate surface area is 394 Å². The molecule has 6 nitrogen and oxygen atoms in total. The molecule has 0 N–H and O–H groups in total. The van der Waals surface area contributed by atoms with Crippen LogP contribution in [0.15, 0.2) is 97.2 Å². The summed E-state index contributed by atoms with van der Waals surface area (Å²) in [4.78, 5) is 38.0. The molecule has 0 radical (unpaired) electrons. The average Bonchev–Trinajstić information content (AvgIpc) is 3.29. The normalized spacial score (nSPS) is 12.9. The number of rotatable bonds is 46. The second-order valence-corrected chi connectivity index (χ2v) is 17.2. The maximum atomic E-state index is 12.8. The molecule has 0 bridgehead atoms. The molecule has 364 valence electrons. The van der Waals surface area contributed by atoms with Gasteiger partial charge in [0.1, 0.15) is 13.2 Å². The van der Waals surface area contributed by atoms with Crippen LogP contribution in [0.25, 0.3) is 0 Å². The minimum absolute atomic E-state index is 0.0985. The second-order valence-electron chi connectivity index (χ2n) is 17.2. The first-order valence-corrected chi connectivity index (χ1v) is 26.3. The highest BCUT2D eigenvalue weighted by Gasteiger charge is 2.19. The third-order valence-corrected chi connectivity index (χ3v) is 11.0. The van der Waals surface area contributed by atoms with Gasteiger partial charge in [-0.3, -0.25) is 14.4 Å². The molecule has 0 fully saturated rings. The lowest BCUT2D eigenvalue weighted by molar-refractivity contribution is -0.167. The smallest absolute Gasteiger partial charge is 0.306 e. The number of unbranched alkanes of at least 4 members (excludes halogenated alkanes) is 24. The van der Waals surface area contributed by atoms with Gasteiger partial charge in [-0.25, -0.2) is 0 Å². The summed E-state index contributed by atoms with van der Waals surface area (Å²) in [5.41, 5.74) is 0. The van der Waals surface area contributed by atoms with Crippen LogP contribution < -0.4 is 0 Å². The standard InChI is InChI=1S/C58H96O6/c1-4-7-10-13-16-19-22-25-28-31-33-36-39-42-45-48-51-57(60)63-54-55(64-58(61)52-49-46-43-40-37-34-30-27-24-21-18-15-12-9-6-3)53-62-56(59)50-47-44-41-38-35-32-29-26-23-20-17-14-11-8-5-2/h8-9,11-12,14-15,17-18,20-21,23-24,28,31,33,36,55H,4-7,10,13,16,19,22,25-27,29-30,32,34-35,37-54H2,1-3H3/b11-8-,12-9-,17-14-,18-15-,23-20-,24-21-,31-28-,36-33-.